The van der Waals surface area contributed by atoms with Gasteiger partial charge in [-0.15, -0.1) is 0 Å². The molecule has 2 aromatic rings. The Bertz CT molecular complexity index is 1120. The second-order valence-electron chi connectivity index (χ2n) is 9.57. The van der Waals surface area contributed by atoms with E-state index in [0.717, 1.165) is 31.2 Å². The number of aromatic nitrogens is 2. The molecule has 182 valence electrons. The van der Waals surface area contributed by atoms with Gasteiger partial charge < -0.3 is 10.1 Å². The minimum atomic E-state index is -1.27. The van der Waals surface area contributed by atoms with Crippen molar-refractivity contribution in [3.63, 3.8) is 0 Å². The summed E-state index contributed by atoms with van der Waals surface area (Å²) in [6.07, 6.45) is 3.94. The van der Waals surface area contributed by atoms with Gasteiger partial charge in [0, 0.05) is 22.8 Å². The van der Waals surface area contributed by atoms with Gasteiger partial charge in [-0.2, -0.15) is 5.10 Å². The van der Waals surface area contributed by atoms with Crippen molar-refractivity contribution in [2.45, 2.75) is 71.5 Å². The molecule has 9 heteroatoms. The monoisotopic (exact) mass is 486 g/mol. The lowest BCUT2D eigenvalue weighted by molar-refractivity contribution is -0.127. The fourth-order valence-electron chi connectivity index (χ4n) is 4.76. The molecule has 2 heterocycles. The summed E-state index contributed by atoms with van der Waals surface area (Å²) in [6, 6.07) is 6.78. The minimum absolute atomic E-state index is 0.0398. The number of carbonyl (C=O) groups excluding carboxylic acids is 3. The van der Waals surface area contributed by atoms with Gasteiger partial charge in [-0.1, -0.05) is 24.6 Å². The Labute approximate surface area is 204 Å². The Hall–Kier alpha value is -2.87. The van der Waals surface area contributed by atoms with E-state index < -0.39 is 17.4 Å². The number of anilines is 1. The highest BCUT2D eigenvalue weighted by atomic mass is 35.5. The maximum atomic E-state index is 13.8. The smallest absolute Gasteiger partial charge is 0.358 e. The molecule has 1 aromatic heterocycles. The van der Waals surface area contributed by atoms with Gasteiger partial charge in [-0.3, -0.25) is 19.2 Å². The maximum Gasteiger partial charge on any atom is 0.358 e. The Morgan fingerprint density at radius 2 is 1.94 bits per heavy atom. The second-order valence-corrected chi connectivity index (χ2v) is 9.98. The predicted octanol–water partition coefficient (Wildman–Crippen LogP) is 4.14. The number of hydrogen-bond acceptors (Lipinski definition) is 5. The minimum Gasteiger partial charge on any atom is -0.461 e. The average molecular weight is 487 g/mol. The fourth-order valence-corrected chi connectivity index (χ4v) is 4.93. The van der Waals surface area contributed by atoms with Crippen molar-refractivity contribution in [1.29, 1.82) is 0 Å². The van der Waals surface area contributed by atoms with Crippen molar-refractivity contribution >= 4 is 35.1 Å². The van der Waals surface area contributed by atoms with Crippen molar-refractivity contribution in [3.05, 3.63) is 46.2 Å². The highest BCUT2D eigenvalue weighted by molar-refractivity contribution is 6.31. The maximum absolute atomic E-state index is 13.8. The quantitative estimate of drug-likeness (QED) is 0.641. The van der Waals surface area contributed by atoms with Crippen LogP contribution in [0.1, 0.15) is 73.0 Å². The highest BCUT2D eigenvalue weighted by Crippen LogP contribution is 2.35. The zero-order valence-electron chi connectivity index (χ0n) is 20.1. The first kappa shape index (κ1) is 24.3. The number of rotatable bonds is 5. The van der Waals surface area contributed by atoms with Crippen LogP contribution in [0.15, 0.2) is 24.3 Å². The number of nitrogens with zero attached hydrogens (tertiary/aromatic N) is 3. The van der Waals surface area contributed by atoms with E-state index in [1.165, 1.54) is 15.6 Å². The molecule has 1 aliphatic carbocycles. The molecule has 1 unspecified atom stereocenters. The number of carbonyl (C=O) groups is 3. The number of ether oxygens (including phenoxy) is 1. The van der Waals surface area contributed by atoms with Crippen LogP contribution in [0.5, 0.6) is 0 Å². The summed E-state index contributed by atoms with van der Waals surface area (Å²) in [5.74, 6) is -0.635. The molecule has 1 saturated carbocycles. The summed E-state index contributed by atoms with van der Waals surface area (Å²) >= 11 is 6.39. The molecule has 1 aliphatic heterocycles. The lowest BCUT2D eigenvalue weighted by Crippen LogP contribution is -2.65. The summed E-state index contributed by atoms with van der Waals surface area (Å²) in [4.78, 5) is 41.2. The summed E-state index contributed by atoms with van der Waals surface area (Å²) in [5.41, 5.74) is 0.367. The zero-order valence-corrected chi connectivity index (χ0v) is 20.8. The van der Waals surface area contributed by atoms with Gasteiger partial charge in [-0.05, 0) is 70.1 Å². The number of halogens is 1. The molecule has 2 aliphatic rings. The van der Waals surface area contributed by atoms with Crippen LogP contribution in [0, 0.1) is 12.8 Å². The number of benzene rings is 1. The topological polar surface area (TPSA) is 93.5 Å². The first-order valence-electron chi connectivity index (χ1n) is 11.8. The number of esters is 1. The summed E-state index contributed by atoms with van der Waals surface area (Å²) in [5, 5.41) is 7.98. The normalized spacial score (nSPS) is 24.5. The number of aryl methyl sites for hydroxylation is 1. The van der Waals surface area contributed by atoms with Gasteiger partial charge in [0.05, 0.1) is 13.2 Å². The Morgan fingerprint density at radius 3 is 2.59 bits per heavy atom. The molecule has 1 atom stereocenters. The molecule has 0 saturated heterocycles. The molecule has 0 radical (unpaired) electrons. The van der Waals surface area contributed by atoms with Crippen LogP contribution < -0.4 is 10.2 Å². The summed E-state index contributed by atoms with van der Waals surface area (Å²) in [6.45, 7) is 7.82. The van der Waals surface area contributed by atoms with Gasteiger partial charge in [-0.25, -0.2) is 4.79 Å². The van der Waals surface area contributed by atoms with Crippen molar-refractivity contribution in [1.82, 2.24) is 15.1 Å². The first-order valence-corrected chi connectivity index (χ1v) is 12.2. The lowest BCUT2D eigenvalue weighted by Gasteiger charge is -2.44. The fraction of sp³-hybridized carbons (Fsp3) is 0.520. The molecular formula is C25H31ClN4O4. The SMILES string of the molecule is CCOC(=O)c1cc2n(n1)CC(C)(C(=O)NC1CCC(C)CC1)N(c1ccc(C)c(Cl)c1)C2=O. The van der Waals surface area contributed by atoms with Crippen molar-refractivity contribution in [2.24, 2.45) is 5.92 Å². The van der Waals surface area contributed by atoms with Crippen LogP contribution in [-0.2, 0) is 16.1 Å². The molecule has 0 bridgehead atoms. The van der Waals surface area contributed by atoms with Crippen LogP contribution in [0.2, 0.25) is 5.02 Å². The van der Waals surface area contributed by atoms with Gasteiger partial charge in [0.1, 0.15) is 11.2 Å². The average Bonchev–Trinajstić information content (AvgIpc) is 3.22. The molecule has 4 rings (SSSR count). The van der Waals surface area contributed by atoms with E-state index in [9.17, 15) is 14.4 Å². The van der Waals surface area contributed by atoms with E-state index >= 15 is 0 Å². The number of fused-ring (bicyclic) bond motifs is 1. The third-order valence-corrected chi connectivity index (χ3v) is 7.30. The van der Waals surface area contributed by atoms with Gasteiger partial charge in [0.15, 0.2) is 5.69 Å². The number of hydrogen-bond donors (Lipinski definition) is 1. The molecule has 34 heavy (non-hydrogen) atoms. The number of amides is 2. The van der Waals surface area contributed by atoms with E-state index in [4.69, 9.17) is 16.3 Å². The molecule has 8 nitrogen and oxygen atoms in total. The molecule has 1 aromatic carbocycles. The standard InChI is InChI=1S/C25H31ClN4O4/c1-5-34-23(32)20-13-21-22(31)30(18-11-8-16(3)19(26)12-18)25(4,14-29(21)28-20)24(33)27-17-9-6-15(2)7-10-17/h8,11-13,15,17H,5-7,9-10,14H2,1-4H3,(H,27,33). The van der Waals surface area contributed by atoms with E-state index in [1.54, 1.807) is 26.0 Å². The predicted molar refractivity (Wildman–Crippen MR) is 129 cm³/mol. The van der Waals surface area contributed by atoms with Gasteiger partial charge >= 0.3 is 5.97 Å². The van der Waals surface area contributed by atoms with Crippen LogP contribution in [0.4, 0.5) is 5.69 Å². The third kappa shape index (κ3) is 4.43. The second kappa shape index (κ2) is 9.41. The Kier molecular flexibility index (Phi) is 6.71. The van der Waals surface area contributed by atoms with Gasteiger partial charge in [0.2, 0.25) is 5.91 Å². The zero-order chi connectivity index (χ0) is 24.6. The van der Waals surface area contributed by atoms with Crippen LogP contribution >= 0.6 is 11.6 Å². The summed E-state index contributed by atoms with van der Waals surface area (Å²) < 4.78 is 6.49. The molecule has 1 fully saturated rings. The van der Waals surface area contributed by atoms with Crippen LogP contribution in [0.25, 0.3) is 0 Å². The summed E-state index contributed by atoms with van der Waals surface area (Å²) in [7, 11) is 0. The molecule has 1 N–H and O–H groups in total. The lowest BCUT2D eigenvalue weighted by atomic mass is 9.86. The Morgan fingerprint density at radius 1 is 1.24 bits per heavy atom. The van der Waals surface area contributed by atoms with E-state index in [-0.39, 0.29) is 36.5 Å². The van der Waals surface area contributed by atoms with E-state index in [0.29, 0.717) is 16.6 Å². The van der Waals surface area contributed by atoms with Crippen molar-refractivity contribution in [3.8, 4) is 0 Å². The van der Waals surface area contributed by atoms with Crippen molar-refractivity contribution < 1.29 is 19.1 Å². The van der Waals surface area contributed by atoms with Gasteiger partial charge in [0.25, 0.3) is 5.91 Å². The van der Waals surface area contributed by atoms with Crippen molar-refractivity contribution in [2.75, 3.05) is 11.5 Å². The molecule has 0 spiro atoms. The van der Waals surface area contributed by atoms with E-state index in [1.807, 2.05) is 13.0 Å². The Balaban J connectivity index is 1.73. The molecule has 2 amide bonds. The number of nitrogens with one attached hydrogen (secondary N) is 1. The highest BCUT2D eigenvalue weighted by Gasteiger charge is 2.49. The van der Waals surface area contributed by atoms with Crippen LogP contribution in [0.3, 0.4) is 0 Å². The molecular weight excluding hydrogens is 456 g/mol. The largest absolute Gasteiger partial charge is 0.461 e. The van der Waals surface area contributed by atoms with Crippen LogP contribution in [-0.4, -0.2) is 45.8 Å². The van der Waals surface area contributed by atoms with E-state index in [2.05, 4.69) is 17.3 Å². The third-order valence-electron chi connectivity index (χ3n) is 6.89. The first-order chi connectivity index (χ1) is 16.1.